The first-order valence-corrected chi connectivity index (χ1v) is 8.67. The summed E-state index contributed by atoms with van der Waals surface area (Å²) in [6.07, 6.45) is 2.31. The van der Waals surface area contributed by atoms with Gasteiger partial charge in [-0.3, -0.25) is 9.69 Å². The Hall–Kier alpha value is -1.37. The SMILES string of the molecule is O=C(CCN1CCN(c2ccc(Cl)cn2)CC1)N1CCNCC1. The molecule has 0 spiro atoms. The molecule has 1 aromatic heterocycles. The average Bonchev–Trinajstić information content (AvgIpc) is 2.61. The fourth-order valence-corrected chi connectivity index (χ4v) is 3.19. The van der Waals surface area contributed by atoms with Crippen LogP contribution in [0.2, 0.25) is 5.02 Å². The van der Waals surface area contributed by atoms with E-state index in [1.165, 1.54) is 0 Å². The molecule has 2 aliphatic rings. The zero-order chi connectivity index (χ0) is 16.1. The Labute approximate surface area is 142 Å². The van der Waals surface area contributed by atoms with Crippen molar-refractivity contribution in [3.63, 3.8) is 0 Å². The van der Waals surface area contributed by atoms with Crippen LogP contribution in [0.15, 0.2) is 18.3 Å². The molecule has 1 amide bonds. The van der Waals surface area contributed by atoms with E-state index in [0.29, 0.717) is 11.4 Å². The predicted octanol–water partition coefficient (Wildman–Crippen LogP) is 0.679. The van der Waals surface area contributed by atoms with E-state index < -0.39 is 0 Å². The zero-order valence-electron chi connectivity index (χ0n) is 13.4. The van der Waals surface area contributed by atoms with E-state index in [-0.39, 0.29) is 5.91 Å². The zero-order valence-corrected chi connectivity index (χ0v) is 14.1. The summed E-state index contributed by atoms with van der Waals surface area (Å²) in [4.78, 5) is 23.2. The molecular weight excluding hydrogens is 314 g/mol. The van der Waals surface area contributed by atoms with Crippen molar-refractivity contribution >= 4 is 23.3 Å². The van der Waals surface area contributed by atoms with Gasteiger partial charge in [0.15, 0.2) is 0 Å². The number of pyridine rings is 1. The highest BCUT2D eigenvalue weighted by Crippen LogP contribution is 2.16. The molecule has 7 heteroatoms. The van der Waals surface area contributed by atoms with Crippen molar-refractivity contribution in [1.82, 2.24) is 20.1 Å². The molecule has 1 N–H and O–H groups in total. The summed E-state index contributed by atoms with van der Waals surface area (Å²) < 4.78 is 0. The quantitative estimate of drug-likeness (QED) is 0.875. The van der Waals surface area contributed by atoms with Gasteiger partial charge in [-0.15, -0.1) is 0 Å². The molecule has 0 saturated carbocycles. The molecule has 3 rings (SSSR count). The lowest BCUT2D eigenvalue weighted by Crippen LogP contribution is -2.49. The Morgan fingerprint density at radius 2 is 1.87 bits per heavy atom. The molecule has 23 heavy (non-hydrogen) atoms. The number of hydrogen-bond donors (Lipinski definition) is 1. The number of carbonyl (C=O) groups excluding carboxylic acids is 1. The maximum Gasteiger partial charge on any atom is 0.223 e. The summed E-state index contributed by atoms with van der Waals surface area (Å²) >= 11 is 5.88. The van der Waals surface area contributed by atoms with Crippen molar-refractivity contribution in [2.45, 2.75) is 6.42 Å². The van der Waals surface area contributed by atoms with Gasteiger partial charge in [-0.05, 0) is 12.1 Å². The summed E-state index contributed by atoms with van der Waals surface area (Å²) in [7, 11) is 0. The number of halogens is 1. The molecule has 0 radical (unpaired) electrons. The van der Waals surface area contributed by atoms with Gasteiger partial charge in [0.05, 0.1) is 5.02 Å². The topological polar surface area (TPSA) is 51.7 Å². The highest BCUT2D eigenvalue weighted by molar-refractivity contribution is 6.30. The number of hydrogen-bond acceptors (Lipinski definition) is 5. The minimum absolute atomic E-state index is 0.285. The van der Waals surface area contributed by atoms with Gasteiger partial charge in [-0.25, -0.2) is 4.98 Å². The smallest absolute Gasteiger partial charge is 0.223 e. The minimum atomic E-state index is 0.285. The molecule has 0 unspecified atom stereocenters. The molecule has 2 aliphatic heterocycles. The lowest BCUT2D eigenvalue weighted by molar-refractivity contribution is -0.132. The van der Waals surface area contributed by atoms with Crippen LogP contribution in [0, 0.1) is 0 Å². The lowest BCUT2D eigenvalue weighted by Gasteiger charge is -2.35. The number of piperazine rings is 2. The fourth-order valence-electron chi connectivity index (χ4n) is 3.08. The van der Waals surface area contributed by atoms with Gasteiger partial charge in [0, 0.05) is 71.5 Å². The van der Waals surface area contributed by atoms with Crippen molar-refractivity contribution in [2.75, 3.05) is 63.8 Å². The van der Waals surface area contributed by atoms with Crippen LogP contribution in [0.25, 0.3) is 0 Å². The number of amides is 1. The van der Waals surface area contributed by atoms with Gasteiger partial charge in [-0.1, -0.05) is 11.6 Å². The summed E-state index contributed by atoms with van der Waals surface area (Å²) in [5, 5.41) is 3.94. The van der Waals surface area contributed by atoms with E-state index >= 15 is 0 Å². The Morgan fingerprint density at radius 3 is 2.52 bits per heavy atom. The van der Waals surface area contributed by atoms with E-state index in [1.807, 2.05) is 17.0 Å². The molecule has 0 aliphatic carbocycles. The van der Waals surface area contributed by atoms with E-state index in [0.717, 1.165) is 64.7 Å². The fraction of sp³-hybridized carbons (Fsp3) is 0.625. The van der Waals surface area contributed by atoms with Crippen LogP contribution in [-0.2, 0) is 4.79 Å². The highest BCUT2D eigenvalue weighted by Gasteiger charge is 2.20. The van der Waals surface area contributed by atoms with Crippen LogP contribution in [0.1, 0.15) is 6.42 Å². The van der Waals surface area contributed by atoms with E-state index in [9.17, 15) is 4.79 Å². The molecule has 126 valence electrons. The van der Waals surface area contributed by atoms with E-state index in [1.54, 1.807) is 6.20 Å². The first-order valence-electron chi connectivity index (χ1n) is 8.30. The van der Waals surface area contributed by atoms with E-state index in [2.05, 4.69) is 20.1 Å². The molecule has 1 aromatic rings. The molecular formula is C16H24ClN5O. The summed E-state index contributed by atoms with van der Waals surface area (Å²) in [6.45, 7) is 8.19. The maximum atomic E-state index is 12.2. The summed E-state index contributed by atoms with van der Waals surface area (Å²) in [6, 6.07) is 3.84. The molecule has 2 saturated heterocycles. The average molecular weight is 338 g/mol. The number of anilines is 1. The van der Waals surface area contributed by atoms with Gasteiger partial charge in [0.2, 0.25) is 5.91 Å². The minimum Gasteiger partial charge on any atom is -0.354 e. The second-order valence-corrected chi connectivity index (χ2v) is 6.48. The maximum absolute atomic E-state index is 12.2. The van der Waals surface area contributed by atoms with Crippen LogP contribution in [0.4, 0.5) is 5.82 Å². The number of rotatable bonds is 4. The summed E-state index contributed by atoms with van der Waals surface area (Å²) in [5.41, 5.74) is 0. The number of nitrogens with one attached hydrogen (secondary N) is 1. The van der Waals surface area contributed by atoms with Crippen molar-refractivity contribution in [3.8, 4) is 0 Å². The third-order valence-corrected chi connectivity index (χ3v) is 4.74. The largest absolute Gasteiger partial charge is 0.354 e. The van der Waals surface area contributed by atoms with Crippen molar-refractivity contribution in [2.24, 2.45) is 0 Å². The van der Waals surface area contributed by atoms with Crippen molar-refractivity contribution in [3.05, 3.63) is 23.4 Å². The second-order valence-electron chi connectivity index (χ2n) is 6.04. The Kier molecular flexibility index (Phi) is 5.70. The van der Waals surface area contributed by atoms with Crippen molar-refractivity contribution in [1.29, 1.82) is 0 Å². The molecule has 0 bridgehead atoms. The van der Waals surface area contributed by atoms with Crippen LogP contribution in [-0.4, -0.2) is 79.6 Å². The van der Waals surface area contributed by atoms with Crippen LogP contribution in [0.5, 0.6) is 0 Å². The lowest BCUT2D eigenvalue weighted by atomic mass is 10.2. The number of nitrogens with zero attached hydrogens (tertiary/aromatic N) is 4. The normalized spacial score (nSPS) is 19.9. The van der Waals surface area contributed by atoms with E-state index in [4.69, 9.17) is 11.6 Å². The van der Waals surface area contributed by atoms with Crippen LogP contribution in [0.3, 0.4) is 0 Å². The summed E-state index contributed by atoms with van der Waals surface area (Å²) in [5.74, 6) is 1.26. The second kappa shape index (κ2) is 7.95. The Morgan fingerprint density at radius 1 is 1.13 bits per heavy atom. The Balaban J connectivity index is 1.40. The molecule has 3 heterocycles. The first kappa shape index (κ1) is 16.5. The predicted molar refractivity (Wildman–Crippen MR) is 92.0 cm³/mol. The Bertz CT molecular complexity index is 510. The molecule has 6 nitrogen and oxygen atoms in total. The van der Waals surface area contributed by atoms with Gasteiger partial charge in [-0.2, -0.15) is 0 Å². The molecule has 0 atom stereocenters. The number of aromatic nitrogens is 1. The number of carbonyl (C=O) groups is 1. The first-order chi connectivity index (χ1) is 11.2. The van der Waals surface area contributed by atoms with Crippen LogP contribution >= 0.6 is 11.6 Å². The standard InChI is InChI=1S/C16H24ClN5O/c17-14-1-2-15(19-13-14)21-11-9-20(10-12-21)6-3-16(23)22-7-4-18-5-8-22/h1-2,13,18H,3-12H2. The van der Waals surface area contributed by atoms with Gasteiger partial charge in [0.1, 0.15) is 5.82 Å². The monoisotopic (exact) mass is 337 g/mol. The van der Waals surface area contributed by atoms with Gasteiger partial charge in [0.25, 0.3) is 0 Å². The van der Waals surface area contributed by atoms with Gasteiger partial charge < -0.3 is 15.1 Å². The van der Waals surface area contributed by atoms with Gasteiger partial charge >= 0.3 is 0 Å². The molecule has 2 fully saturated rings. The van der Waals surface area contributed by atoms with Crippen LogP contribution < -0.4 is 10.2 Å². The molecule has 0 aromatic carbocycles. The highest BCUT2D eigenvalue weighted by atomic mass is 35.5. The third kappa shape index (κ3) is 4.56. The third-order valence-electron chi connectivity index (χ3n) is 4.52. The van der Waals surface area contributed by atoms with Crippen molar-refractivity contribution < 1.29 is 4.79 Å².